The second-order valence-corrected chi connectivity index (χ2v) is 6.35. The lowest BCUT2D eigenvalue weighted by Crippen LogP contribution is -2.07. The predicted molar refractivity (Wildman–Crippen MR) is 77.9 cm³/mol. The summed E-state index contributed by atoms with van der Waals surface area (Å²) in [5.41, 5.74) is 5.94. The van der Waals surface area contributed by atoms with Gasteiger partial charge in [-0.3, -0.25) is 0 Å². The summed E-state index contributed by atoms with van der Waals surface area (Å²) in [4.78, 5) is 1.01. The molecule has 19 heavy (non-hydrogen) atoms. The van der Waals surface area contributed by atoms with E-state index in [0.717, 1.165) is 31.4 Å². The van der Waals surface area contributed by atoms with Gasteiger partial charge in [-0.25, -0.2) is 4.39 Å². The van der Waals surface area contributed by atoms with E-state index < -0.39 is 0 Å². The fourth-order valence-electron chi connectivity index (χ4n) is 1.77. The van der Waals surface area contributed by atoms with Crippen molar-refractivity contribution >= 4 is 32.8 Å². The molecule has 0 radical (unpaired) electrons. The number of thiophene rings is 1. The van der Waals surface area contributed by atoms with Crippen molar-refractivity contribution in [2.45, 2.75) is 19.4 Å². The molecular formula is C13H12FN3S2. The topological polar surface area (TPSA) is 51.8 Å². The number of nitrogens with two attached hydrogens (primary N) is 1. The van der Waals surface area contributed by atoms with Crippen molar-refractivity contribution in [3.05, 3.63) is 35.1 Å². The van der Waals surface area contributed by atoms with Crippen LogP contribution in [0.5, 0.6) is 0 Å². The predicted octanol–water partition coefficient (Wildman–Crippen LogP) is 3.97. The average molecular weight is 293 g/mol. The zero-order valence-corrected chi connectivity index (χ0v) is 11.9. The summed E-state index contributed by atoms with van der Waals surface area (Å²) in [6, 6.07) is 6.75. The van der Waals surface area contributed by atoms with Crippen LogP contribution in [0.15, 0.2) is 24.3 Å². The van der Waals surface area contributed by atoms with Crippen molar-refractivity contribution in [3.8, 4) is 9.88 Å². The van der Waals surface area contributed by atoms with E-state index in [2.05, 4.69) is 10.2 Å². The fourth-order valence-corrected chi connectivity index (χ4v) is 3.83. The van der Waals surface area contributed by atoms with E-state index in [1.54, 1.807) is 12.1 Å². The first kappa shape index (κ1) is 12.7. The molecule has 2 aromatic heterocycles. The van der Waals surface area contributed by atoms with Crippen molar-refractivity contribution in [2.75, 3.05) is 0 Å². The number of rotatable bonds is 3. The molecular weight excluding hydrogens is 281 g/mol. The Morgan fingerprint density at radius 2 is 2.11 bits per heavy atom. The number of aromatic nitrogens is 2. The molecule has 3 aromatic rings. The number of nitrogens with zero attached hydrogens (tertiary/aromatic N) is 2. The van der Waals surface area contributed by atoms with Gasteiger partial charge in [0.25, 0.3) is 0 Å². The van der Waals surface area contributed by atoms with Gasteiger partial charge in [0.05, 0.1) is 10.9 Å². The molecule has 1 unspecified atom stereocenters. The second kappa shape index (κ2) is 4.96. The molecule has 0 aliphatic heterocycles. The van der Waals surface area contributed by atoms with Crippen LogP contribution in [0.1, 0.15) is 24.4 Å². The smallest absolute Gasteiger partial charge is 0.157 e. The highest BCUT2D eigenvalue weighted by atomic mass is 32.1. The Labute approximate surface area is 117 Å². The minimum absolute atomic E-state index is 0.0573. The third-order valence-electron chi connectivity index (χ3n) is 2.89. The Morgan fingerprint density at radius 3 is 2.89 bits per heavy atom. The molecule has 0 saturated carbocycles. The summed E-state index contributed by atoms with van der Waals surface area (Å²) < 4.78 is 14.1. The van der Waals surface area contributed by atoms with Crippen LogP contribution in [-0.4, -0.2) is 10.2 Å². The quantitative estimate of drug-likeness (QED) is 0.795. The molecule has 6 heteroatoms. The van der Waals surface area contributed by atoms with Crippen LogP contribution in [0.25, 0.3) is 20.0 Å². The fraction of sp³-hybridized carbons (Fsp3) is 0.231. The molecule has 0 saturated heterocycles. The highest BCUT2D eigenvalue weighted by Crippen LogP contribution is 2.36. The zero-order valence-electron chi connectivity index (χ0n) is 10.3. The van der Waals surface area contributed by atoms with Crippen molar-refractivity contribution in [3.63, 3.8) is 0 Å². The van der Waals surface area contributed by atoms with Gasteiger partial charge < -0.3 is 5.73 Å². The third-order valence-corrected chi connectivity index (χ3v) is 5.21. The van der Waals surface area contributed by atoms with E-state index in [9.17, 15) is 4.39 Å². The van der Waals surface area contributed by atoms with Crippen molar-refractivity contribution in [1.29, 1.82) is 0 Å². The minimum Gasteiger partial charge on any atom is -0.322 e. The Hall–Kier alpha value is -1.37. The maximum Gasteiger partial charge on any atom is 0.157 e. The Bertz CT molecular complexity index is 720. The molecule has 1 aromatic carbocycles. The van der Waals surface area contributed by atoms with Gasteiger partial charge in [-0.15, -0.1) is 21.5 Å². The molecule has 0 aliphatic rings. The Kier molecular flexibility index (Phi) is 3.30. The Morgan fingerprint density at radius 1 is 1.26 bits per heavy atom. The molecule has 0 spiro atoms. The summed E-state index contributed by atoms with van der Waals surface area (Å²) >= 11 is 3.03. The molecule has 2 N–H and O–H groups in total. The molecule has 3 nitrogen and oxygen atoms in total. The van der Waals surface area contributed by atoms with Crippen molar-refractivity contribution < 1.29 is 4.39 Å². The van der Waals surface area contributed by atoms with Crippen molar-refractivity contribution in [1.82, 2.24) is 10.2 Å². The van der Waals surface area contributed by atoms with Gasteiger partial charge in [-0.05, 0) is 30.0 Å². The third kappa shape index (κ3) is 2.39. The molecule has 0 fully saturated rings. The summed E-state index contributed by atoms with van der Waals surface area (Å²) in [7, 11) is 0. The lowest BCUT2D eigenvalue weighted by molar-refractivity contribution is 0.630. The van der Waals surface area contributed by atoms with Crippen LogP contribution in [-0.2, 0) is 0 Å². The highest BCUT2D eigenvalue weighted by Gasteiger charge is 2.14. The van der Waals surface area contributed by atoms with E-state index >= 15 is 0 Å². The SMILES string of the molecule is CCC(N)c1nnc(-c2cc3ccc(F)cc3s2)s1. The van der Waals surface area contributed by atoms with E-state index in [-0.39, 0.29) is 11.9 Å². The van der Waals surface area contributed by atoms with E-state index in [1.807, 2.05) is 13.0 Å². The van der Waals surface area contributed by atoms with Gasteiger partial charge in [0.2, 0.25) is 0 Å². The lowest BCUT2D eigenvalue weighted by Gasteiger charge is -2.00. The van der Waals surface area contributed by atoms with Gasteiger partial charge in [0.15, 0.2) is 5.01 Å². The summed E-state index contributed by atoms with van der Waals surface area (Å²) in [6.45, 7) is 2.02. The number of hydrogen-bond acceptors (Lipinski definition) is 5. The minimum atomic E-state index is -0.216. The lowest BCUT2D eigenvalue weighted by atomic mass is 10.2. The number of hydrogen-bond donors (Lipinski definition) is 1. The van der Waals surface area contributed by atoms with Gasteiger partial charge in [-0.1, -0.05) is 24.3 Å². The highest BCUT2D eigenvalue weighted by molar-refractivity contribution is 7.25. The van der Waals surface area contributed by atoms with E-state index in [4.69, 9.17) is 5.73 Å². The summed E-state index contributed by atoms with van der Waals surface area (Å²) in [5.74, 6) is -0.216. The first-order chi connectivity index (χ1) is 9.17. The van der Waals surface area contributed by atoms with E-state index in [0.29, 0.717) is 0 Å². The monoisotopic (exact) mass is 293 g/mol. The largest absolute Gasteiger partial charge is 0.322 e. The normalized spacial score (nSPS) is 13.0. The number of benzene rings is 1. The van der Waals surface area contributed by atoms with Crippen LogP contribution < -0.4 is 5.73 Å². The number of fused-ring (bicyclic) bond motifs is 1. The molecule has 98 valence electrons. The summed E-state index contributed by atoms with van der Waals surface area (Å²) in [6.07, 6.45) is 0.840. The molecule has 3 rings (SSSR count). The molecule has 1 atom stereocenters. The first-order valence-corrected chi connectivity index (χ1v) is 7.59. The van der Waals surface area contributed by atoms with Crippen LogP contribution in [0.4, 0.5) is 4.39 Å². The second-order valence-electron chi connectivity index (χ2n) is 4.25. The molecule has 0 bridgehead atoms. The average Bonchev–Trinajstić information content (AvgIpc) is 3.03. The van der Waals surface area contributed by atoms with Gasteiger partial charge >= 0.3 is 0 Å². The van der Waals surface area contributed by atoms with Crippen molar-refractivity contribution in [2.24, 2.45) is 5.73 Å². The standard InChI is InChI=1S/C13H12FN3S2/c1-2-9(15)12-16-17-13(19-12)11-5-7-3-4-8(14)6-10(7)18-11/h3-6,9H,2,15H2,1H3. The maximum atomic E-state index is 13.2. The van der Waals surface area contributed by atoms with Crippen LogP contribution in [0.3, 0.4) is 0 Å². The van der Waals surface area contributed by atoms with Crippen LogP contribution in [0, 0.1) is 5.82 Å². The first-order valence-electron chi connectivity index (χ1n) is 5.96. The van der Waals surface area contributed by atoms with Gasteiger partial charge in [0.1, 0.15) is 10.8 Å². The van der Waals surface area contributed by atoms with E-state index in [1.165, 1.54) is 28.7 Å². The van der Waals surface area contributed by atoms with Crippen LogP contribution in [0.2, 0.25) is 0 Å². The molecule has 0 aliphatic carbocycles. The molecule has 0 amide bonds. The number of halogens is 1. The van der Waals surface area contributed by atoms with Crippen LogP contribution >= 0.6 is 22.7 Å². The zero-order chi connectivity index (χ0) is 13.4. The van der Waals surface area contributed by atoms with Gasteiger partial charge in [0, 0.05) is 4.70 Å². The molecule has 2 heterocycles. The van der Waals surface area contributed by atoms with Gasteiger partial charge in [-0.2, -0.15) is 0 Å². The summed E-state index contributed by atoms with van der Waals surface area (Å²) in [5, 5.41) is 11.0. The maximum absolute atomic E-state index is 13.2. The Balaban J connectivity index is 2.01.